The maximum Gasteiger partial charge on any atom is 0.220 e. The molecule has 3 rings (SSSR count). The van der Waals surface area contributed by atoms with Crippen LogP contribution in [0, 0.1) is 11.8 Å². The van der Waals surface area contributed by atoms with Crippen molar-refractivity contribution in [3.63, 3.8) is 0 Å². The van der Waals surface area contributed by atoms with Crippen molar-refractivity contribution in [2.75, 3.05) is 17.7 Å². The molecule has 21 heavy (non-hydrogen) atoms. The molecule has 2 aromatic heterocycles. The number of nitrogens with two attached hydrogens (primary N) is 1. The Morgan fingerprint density at radius 2 is 2.24 bits per heavy atom. The monoisotopic (exact) mass is 294 g/mol. The van der Waals surface area contributed by atoms with Crippen molar-refractivity contribution in [3.8, 4) is 23.1 Å². The molecule has 0 radical (unpaired) electrons. The summed E-state index contributed by atoms with van der Waals surface area (Å²) in [7, 11) is 0. The summed E-state index contributed by atoms with van der Waals surface area (Å²) >= 11 is 1.72. The van der Waals surface area contributed by atoms with E-state index >= 15 is 0 Å². The fraction of sp³-hybridized carbons (Fsp3) is 0.125. The van der Waals surface area contributed by atoms with E-state index in [4.69, 9.17) is 5.73 Å². The van der Waals surface area contributed by atoms with Gasteiger partial charge in [-0.05, 0) is 30.5 Å². The van der Waals surface area contributed by atoms with Crippen LogP contribution in [0.4, 0.5) is 5.95 Å². The first-order valence-electron chi connectivity index (χ1n) is 6.46. The zero-order valence-electron chi connectivity index (χ0n) is 11.6. The number of nitrogens with one attached hydrogen (secondary N) is 1. The molecule has 0 spiro atoms. The van der Waals surface area contributed by atoms with E-state index in [9.17, 15) is 0 Å². The van der Waals surface area contributed by atoms with Gasteiger partial charge in [-0.25, -0.2) is 9.97 Å². The minimum Gasteiger partial charge on any atom is -0.368 e. The predicted octanol–water partition coefficient (Wildman–Crippen LogP) is 2.92. The van der Waals surface area contributed by atoms with Gasteiger partial charge in [0.15, 0.2) is 0 Å². The molecule has 0 aliphatic heterocycles. The molecule has 0 amide bonds. The first-order chi connectivity index (χ1) is 10.3. The molecule has 104 valence electrons. The van der Waals surface area contributed by atoms with E-state index in [2.05, 4.69) is 32.9 Å². The Bertz CT molecular complexity index is 842. The fourth-order valence-electron chi connectivity index (χ4n) is 2.14. The number of rotatable bonds is 2. The van der Waals surface area contributed by atoms with Crippen LogP contribution in [0.25, 0.3) is 22.2 Å². The van der Waals surface area contributed by atoms with Crippen LogP contribution < -0.4 is 5.73 Å². The van der Waals surface area contributed by atoms with E-state index in [1.54, 1.807) is 18.0 Å². The van der Waals surface area contributed by atoms with E-state index in [1.807, 2.05) is 30.7 Å². The van der Waals surface area contributed by atoms with Gasteiger partial charge in [0.25, 0.3) is 0 Å². The molecule has 1 aromatic carbocycles. The van der Waals surface area contributed by atoms with Gasteiger partial charge in [-0.3, -0.25) is 0 Å². The first-order valence-corrected chi connectivity index (χ1v) is 7.85. The summed E-state index contributed by atoms with van der Waals surface area (Å²) in [5.74, 6) is 7.42. The van der Waals surface area contributed by atoms with Gasteiger partial charge in [-0.15, -0.1) is 0 Å². The summed E-state index contributed by atoms with van der Waals surface area (Å²) in [6, 6.07) is 7.98. The minimum absolute atomic E-state index is 0.276. The van der Waals surface area contributed by atoms with E-state index in [-0.39, 0.29) is 5.95 Å². The summed E-state index contributed by atoms with van der Waals surface area (Å²) in [6.07, 6.45) is 5.64. The molecule has 0 fully saturated rings. The first kappa shape index (κ1) is 13.5. The number of nitrogens with zero attached hydrogens (tertiary/aromatic N) is 2. The molecule has 0 aliphatic carbocycles. The highest BCUT2D eigenvalue weighted by molar-refractivity contribution is 7.98. The number of benzene rings is 1. The largest absolute Gasteiger partial charge is 0.368 e. The van der Waals surface area contributed by atoms with Gasteiger partial charge in [0.05, 0.1) is 11.4 Å². The number of aromatic nitrogens is 3. The molecule has 0 aliphatic rings. The van der Waals surface area contributed by atoms with Crippen LogP contribution in [0.1, 0.15) is 5.56 Å². The van der Waals surface area contributed by atoms with E-state index in [1.165, 1.54) is 0 Å². The van der Waals surface area contributed by atoms with Crippen molar-refractivity contribution in [1.29, 1.82) is 0 Å². The maximum absolute atomic E-state index is 5.66. The number of anilines is 1. The number of aromatic amines is 1. The highest BCUT2D eigenvalue weighted by Gasteiger charge is 2.08. The molecule has 3 N–H and O–H groups in total. The zero-order chi connectivity index (χ0) is 14.7. The van der Waals surface area contributed by atoms with Gasteiger partial charge >= 0.3 is 0 Å². The topological polar surface area (TPSA) is 67.6 Å². The number of H-pyrrole nitrogens is 1. The molecule has 3 aromatic rings. The van der Waals surface area contributed by atoms with Crippen LogP contribution in [-0.2, 0) is 0 Å². The molecule has 0 saturated heterocycles. The van der Waals surface area contributed by atoms with Gasteiger partial charge in [0.2, 0.25) is 5.95 Å². The Morgan fingerprint density at radius 3 is 3.05 bits per heavy atom. The van der Waals surface area contributed by atoms with Gasteiger partial charge in [0, 0.05) is 34.4 Å². The minimum atomic E-state index is 0.276. The fourth-order valence-corrected chi connectivity index (χ4v) is 2.36. The predicted molar refractivity (Wildman–Crippen MR) is 89.0 cm³/mol. The lowest BCUT2D eigenvalue weighted by Gasteiger charge is -2.00. The number of hydrogen-bond acceptors (Lipinski definition) is 4. The second-order valence-electron chi connectivity index (χ2n) is 4.50. The van der Waals surface area contributed by atoms with Gasteiger partial charge in [-0.2, -0.15) is 11.8 Å². The number of hydrogen-bond donors (Lipinski definition) is 2. The van der Waals surface area contributed by atoms with Crippen molar-refractivity contribution < 1.29 is 0 Å². The highest BCUT2D eigenvalue weighted by atomic mass is 32.2. The van der Waals surface area contributed by atoms with Crippen molar-refractivity contribution in [1.82, 2.24) is 15.0 Å². The normalized spacial score (nSPS) is 10.3. The molecule has 4 nitrogen and oxygen atoms in total. The third-order valence-electron chi connectivity index (χ3n) is 3.08. The second-order valence-corrected chi connectivity index (χ2v) is 5.36. The van der Waals surface area contributed by atoms with Crippen molar-refractivity contribution in [3.05, 3.63) is 42.2 Å². The van der Waals surface area contributed by atoms with Gasteiger partial charge in [0.1, 0.15) is 0 Å². The number of nitrogen functional groups attached to an aromatic ring is 1. The molecule has 0 atom stereocenters. The Morgan fingerprint density at radius 1 is 1.33 bits per heavy atom. The van der Waals surface area contributed by atoms with E-state index in [0.29, 0.717) is 0 Å². The summed E-state index contributed by atoms with van der Waals surface area (Å²) in [5.41, 5.74) is 9.53. The standard InChI is InChI=1S/C16H14N4S/c1-21-8-2-3-11-4-5-14-12(9-11)13(10-19-14)15-6-7-18-16(17)20-15/h4-7,9-10,19H,8H2,1H3,(H2,17,18,20). The third-order valence-corrected chi connectivity index (χ3v) is 3.51. The lowest BCUT2D eigenvalue weighted by molar-refractivity contribution is 1.19. The van der Waals surface area contributed by atoms with Crippen molar-refractivity contribution in [2.24, 2.45) is 0 Å². The Balaban J connectivity index is 2.08. The molecule has 2 heterocycles. The molecular formula is C16H14N4S. The van der Waals surface area contributed by atoms with Gasteiger partial charge < -0.3 is 10.7 Å². The average Bonchev–Trinajstić information content (AvgIpc) is 2.91. The summed E-state index contributed by atoms with van der Waals surface area (Å²) in [4.78, 5) is 11.5. The van der Waals surface area contributed by atoms with Crippen molar-refractivity contribution in [2.45, 2.75) is 0 Å². The summed E-state index contributed by atoms with van der Waals surface area (Å²) in [6.45, 7) is 0. The molecule has 0 bridgehead atoms. The molecule has 0 saturated carbocycles. The third kappa shape index (κ3) is 2.86. The Hall–Kier alpha value is -2.45. The quantitative estimate of drug-likeness (QED) is 0.713. The highest BCUT2D eigenvalue weighted by Crippen LogP contribution is 2.28. The van der Waals surface area contributed by atoms with Crippen LogP contribution in [-0.4, -0.2) is 27.0 Å². The van der Waals surface area contributed by atoms with E-state index < -0.39 is 0 Å². The van der Waals surface area contributed by atoms with Crippen LogP contribution in [0.5, 0.6) is 0 Å². The SMILES string of the molecule is CSCC#Cc1ccc2[nH]cc(-c3ccnc(N)n3)c2c1. The molecular weight excluding hydrogens is 280 g/mol. The molecule has 0 unspecified atom stereocenters. The average molecular weight is 294 g/mol. The Kier molecular flexibility index (Phi) is 3.80. The summed E-state index contributed by atoms with van der Waals surface area (Å²) in [5, 5.41) is 1.09. The van der Waals surface area contributed by atoms with Crippen LogP contribution in [0.3, 0.4) is 0 Å². The summed E-state index contributed by atoms with van der Waals surface area (Å²) < 4.78 is 0. The maximum atomic E-state index is 5.66. The second kappa shape index (κ2) is 5.90. The lowest BCUT2D eigenvalue weighted by Crippen LogP contribution is -1.94. The van der Waals surface area contributed by atoms with Crippen LogP contribution in [0.2, 0.25) is 0 Å². The molecule has 5 heteroatoms. The Labute approximate surface area is 127 Å². The van der Waals surface area contributed by atoms with Crippen LogP contribution >= 0.6 is 11.8 Å². The van der Waals surface area contributed by atoms with Gasteiger partial charge in [-0.1, -0.05) is 11.8 Å². The lowest BCUT2D eigenvalue weighted by atomic mass is 10.1. The number of thioether (sulfide) groups is 1. The van der Waals surface area contributed by atoms with Crippen LogP contribution in [0.15, 0.2) is 36.7 Å². The van der Waals surface area contributed by atoms with Crippen molar-refractivity contribution >= 4 is 28.6 Å². The number of fused-ring (bicyclic) bond motifs is 1. The smallest absolute Gasteiger partial charge is 0.220 e. The van der Waals surface area contributed by atoms with E-state index in [0.717, 1.165) is 33.5 Å². The zero-order valence-corrected chi connectivity index (χ0v) is 12.4.